The minimum Gasteiger partial charge on any atom is -0.306 e. The fraction of sp³-hybridized carbons (Fsp3) is 0. The average molecular weight is 401 g/mol. The first-order valence-corrected chi connectivity index (χ1v) is 10.7. The zero-order chi connectivity index (χ0) is 19.7. The van der Waals surface area contributed by atoms with E-state index in [1.807, 2.05) is 41.9 Å². The molecule has 0 aliphatic heterocycles. The molecular weight excluding hydrogens is 386 g/mol. The van der Waals surface area contributed by atoms with Gasteiger partial charge in [0.05, 0.1) is 34.0 Å². The van der Waals surface area contributed by atoms with Crippen molar-refractivity contribution in [2.45, 2.75) is 0 Å². The van der Waals surface area contributed by atoms with E-state index in [1.165, 1.54) is 31.1 Å². The van der Waals surface area contributed by atoms with Gasteiger partial charge in [-0.1, -0.05) is 42.5 Å². The van der Waals surface area contributed by atoms with Crippen LogP contribution in [0.3, 0.4) is 0 Å². The van der Waals surface area contributed by atoms with Crippen molar-refractivity contribution in [1.29, 1.82) is 0 Å². The van der Waals surface area contributed by atoms with E-state index in [0.29, 0.717) is 0 Å². The van der Waals surface area contributed by atoms with Crippen molar-refractivity contribution in [3.8, 4) is 5.69 Å². The second-order valence-electron chi connectivity index (χ2n) is 7.53. The number of fused-ring (bicyclic) bond motifs is 8. The Morgan fingerprint density at radius 2 is 1.63 bits per heavy atom. The van der Waals surface area contributed by atoms with Gasteiger partial charge < -0.3 is 4.57 Å². The summed E-state index contributed by atoms with van der Waals surface area (Å²) in [4.78, 5) is 9.51. The van der Waals surface area contributed by atoms with Crippen molar-refractivity contribution in [2.24, 2.45) is 0 Å². The summed E-state index contributed by atoms with van der Waals surface area (Å²) in [7, 11) is 0. The first kappa shape index (κ1) is 16.1. The maximum atomic E-state index is 4.80. The van der Waals surface area contributed by atoms with E-state index < -0.39 is 0 Å². The quantitative estimate of drug-likeness (QED) is 0.294. The Balaban J connectivity index is 1.67. The van der Waals surface area contributed by atoms with Crippen LogP contribution in [0.2, 0.25) is 0 Å². The molecule has 0 amide bonds. The maximum absolute atomic E-state index is 4.80. The number of hydrogen-bond donors (Lipinski definition) is 0. The molecule has 0 fully saturated rings. The molecule has 7 aromatic rings. The molecule has 140 valence electrons. The molecule has 0 saturated heterocycles. The molecule has 0 spiro atoms. The van der Waals surface area contributed by atoms with Crippen molar-refractivity contribution in [3.63, 3.8) is 0 Å². The molecule has 4 aromatic heterocycles. The third-order valence-corrected chi connectivity index (χ3v) is 7.07. The van der Waals surface area contributed by atoms with Gasteiger partial charge in [-0.25, -0.2) is 0 Å². The van der Waals surface area contributed by atoms with Gasteiger partial charge in [0.25, 0.3) is 0 Å². The summed E-state index contributed by atoms with van der Waals surface area (Å²) in [6.07, 6.45) is 3.85. The van der Waals surface area contributed by atoms with E-state index in [2.05, 4.69) is 65.2 Å². The molecule has 4 heteroatoms. The molecule has 0 aliphatic carbocycles. The summed E-state index contributed by atoms with van der Waals surface area (Å²) in [5.74, 6) is 0. The van der Waals surface area contributed by atoms with Gasteiger partial charge in [0.1, 0.15) is 0 Å². The van der Waals surface area contributed by atoms with E-state index in [9.17, 15) is 0 Å². The van der Waals surface area contributed by atoms with Crippen molar-refractivity contribution in [2.75, 3.05) is 0 Å². The molecular formula is C26H15N3S. The molecule has 0 aliphatic rings. The molecule has 0 bridgehead atoms. The van der Waals surface area contributed by atoms with Gasteiger partial charge in [-0.2, -0.15) is 0 Å². The lowest BCUT2D eigenvalue weighted by Crippen LogP contribution is -1.95. The Hall–Kier alpha value is -3.76. The summed E-state index contributed by atoms with van der Waals surface area (Å²) < 4.78 is 4.90. The van der Waals surface area contributed by atoms with Gasteiger partial charge >= 0.3 is 0 Å². The fourth-order valence-corrected chi connectivity index (χ4v) is 5.80. The summed E-state index contributed by atoms with van der Waals surface area (Å²) in [5.41, 5.74) is 5.38. The van der Waals surface area contributed by atoms with E-state index in [4.69, 9.17) is 9.97 Å². The Labute approximate surface area is 175 Å². The van der Waals surface area contributed by atoms with E-state index >= 15 is 0 Å². The predicted octanol–water partition coefficient (Wildman–Crippen LogP) is 7.09. The number of rotatable bonds is 1. The zero-order valence-corrected chi connectivity index (χ0v) is 16.7. The molecule has 3 aromatic carbocycles. The highest BCUT2D eigenvalue weighted by molar-refractivity contribution is 7.26. The number of nitrogens with zero attached hydrogens (tertiary/aromatic N) is 3. The predicted molar refractivity (Wildman–Crippen MR) is 127 cm³/mol. The van der Waals surface area contributed by atoms with Crippen LogP contribution < -0.4 is 0 Å². The van der Waals surface area contributed by atoms with Gasteiger partial charge in [-0.05, 0) is 36.4 Å². The van der Waals surface area contributed by atoms with Crippen LogP contribution >= 0.6 is 11.3 Å². The first-order valence-electron chi connectivity index (χ1n) is 9.93. The van der Waals surface area contributed by atoms with Crippen LogP contribution in [0.1, 0.15) is 0 Å². The smallest absolute Gasteiger partial charge is 0.0977 e. The molecule has 30 heavy (non-hydrogen) atoms. The van der Waals surface area contributed by atoms with Crippen molar-refractivity contribution in [1.82, 2.24) is 14.5 Å². The van der Waals surface area contributed by atoms with Crippen molar-refractivity contribution in [3.05, 3.63) is 91.3 Å². The van der Waals surface area contributed by atoms with Crippen LogP contribution in [0.15, 0.2) is 91.3 Å². The van der Waals surface area contributed by atoms with Crippen LogP contribution in [0, 0.1) is 0 Å². The highest BCUT2D eigenvalue weighted by Crippen LogP contribution is 2.42. The van der Waals surface area contributed by atoms with Crippen LogP contribution in [0.5, 0.6) is 0 Å². The van der Waals surface area contributed by atoms with E-state index in [-0.39, 0.29) is 0 Å². The van der Waals surface area contributed by atoms with Gasteiger partial charge in [0.2, 0.25) is 0 Å². The van der Waals surface area contributed by atoms with Crippen LogP contribution in [0.4, 0.5) is 0 Å². The number of benzene rings is 3. The Kier molecular flexibility index (Phi) is 3.15. The minimum absolute atomic E-state index is 1.01. The van der Waals surface area contributed by atoms with Gasteiger partial charge in [-0.3, -0.25) is 9.97 Å². The SMILES string of the molecule is c1ccc2ncc(-n3c4cccnc4c4c5sc6ccccc6c5ccc43)cc2c1. The Morgan fingerprint density at radius 1 is 0.733 bits per heavy atom. The lowest BCUT2D eigenvalue weighted by molar-refractivity contribution is 1.16. The average Bonchev–Trinajstić information content (AvgIpc) is 3.34. The van der Waals surface area contributed by atoms with E-state index in [0.717, 1.165) is 27.6 Å². The highest BCUT2D eigenvalue weighted by atomic mass is 32.1. The second-order valence-corrected chi connectivity index (χ2v) is 8.58. The molecule has 7 rings (SSSR count). The number of aromatic nitrogens is 3. The summed E-state index contributed by atoms with van der Waals surface area (Å²) in [5, 5.41) is 4.96. The number of thiophene rings is 1. The molecule has 0 unspecified atom stereocenters. The molecule has 3 nitrogen and oxygen atoms in total. The standard InChI is InChI=1S/C26H15N3S/c1-3-8-20-16(6-1)14-17(15-28-20)29-21-12-11-19-18-7-2-4-10-23(18)30-26(19)24(21)25-22(29)9-5-13-27-25/h1-15H. The maximum Gasteiger partial charge on any atom is 0.0977 e. The lowest BCUT2D eigenvalue weighted by Gasteiger charge is -2.08. The van der Waals surface area contributed by atoms with Gasteiger partial charge in [0, 0.05) is 37.1 Å². The largest absolute Gasteiger partial charge is 0.306 e. The number of hydrogen-bond acceptors (Lipinski definition) is 3. The third kappa shape index (κ3) is 2.09. The zero-order valence-electron chi connectivity index (χ0n) is 15.9. The molecule has 0 N–H and O–H groups in total. The molecule has 4 heterocycles. The fourth-order valence-electron chi connectivity index (χ4n) is 4.55. The molecule has 0 atom stereocenters. The Morgan fingerprint density at radius 3 is 2.63 bits per heavy atom. The molecule has 0 radical (unpaired) electrons. The van der Waals surface area contributed by atoms with E-state index in [1.54, 1.807) is 0 Å². The summed E-state index contributed by atoms with van der Waals surface area (Å²) in [6.45, 7) is 0. The van der Waals surface area contributed by atoms with Gasteiger partial charge in [-0.15, -0.1) is 11.3 Å². The minimum atomic E-state index is 1.01. The summed E-state index contributed by atoms with van der Waals surface area (Å²) >= 11 is 1.85. The number of para-hydroxylation sites is 1. The highest BCUT2D eigenvalue weighted by Gasteiger charge is 2.18. The topological polar surface area (TPSA) is 30.7 Å². The Bertz CT molecular complexity index is 1760. The summed E-state index contributed by atoms with van der Waals surface area (Å²) in [6, 6.07) is 27.7. The van der Waals surface area contributed by atoms with Crippen LogP contribution in [-0.2, 0) is 0 Å². The third-order valence-electron chi connectivity index (χ3n) is 5.86. The monoisotopic (exact) mass is 401 g/mol. The normalized spacial score (nSPS) is 12.0. The second kappa shape index (κ2) is 5.88. The first-order chi connectivity index (χ1) is 14.9. The number of pyridine rings is 2. The molecule has 0 saturated carbocycles. The van der Waals surface area contributed by atoms with Gasteiger partial charge in [0.15, 0.2) is 0 Å². The lowest BCUT2D eigenvalue weighted by atomic mass is 10.1. The van der Waals surface area contributed by atoms with Crippen LogP contribution in [-0.4, -0.2) is 14.5 Å². The van der Waals surface area contributed by atoms with Crippen LogP contribution in [0.25, 0.3) is 58.7 Å². The van der Waals surface area contributed by atoms with Crippen molar-refractivity contribution >= 4 is 64.3 Å². The van der Waals surface area contributed by atoms with Crippen molar-refractivity contribution < 1.29 is 0 Å².